The second kappa shape index (κ2) is 12.1. The molecule has 0 spiro atoms. The molecule has 0 saturated heterocycles. The Morgan fingerprint density at radius 1 is 0.806 bits per heavy atom. The van der Waals surface area contributed by atoms with Gasteiger partial charge in [0.15, 0.2) is 0 Å². The van der Waals surface area contributed by atoms with E-state index in [1.165, 1.54) is 0 Å². The van der Waals surface area contributed by atoms with Crippen LogP contribution >= 0.6 is 0 Å². The molecule has 2 rings (SSSR count). The maximum absolute atomic E-state index is 12.7. The summed E-state index contributed by atoms with van der Waals surface area (Å²) in [6, 6.07) is 15.8. The Hall–Kier alpha value is -4.08. The van der Waals surface area contributed by atoms with Gasteiger partial charge in [-0.25, -0.2) is 19.3 Å². The Morgan fingerprint density at radius 2 is 1.33 bits per heavy atom. The standard InChI is InChI=1S/C26H34N4O6/c1-25(2,3)35-22(31)29(23(32)36-26(4,5)6)16-19-12-14-21(15-13-19)28-30(18-27)24(33)34-17-20-10-8-7-9-11-20/h7-15,18,27-28H,16-17H2,1-6H3. The third kappa shape index (κ3) is 9.65. The lowest BCUT2D eigenvalue weighted by atomic mass is 10.2. The normalized spacial score (nSPS) is 11.2. The van der Waals surface area contributed by atoms with E-state index in [1.807, 2.05) is 30.3 Å². The second-order valence-electron chi connectivity index (χ2n) is 9.89. The molecule has 0 fully saturated rings. The van der Waals surface area contributed by atoms with Crippen LogP contribution in [0.4, 0.5) is 20.1 Å². The molecule has 0 heterocycles. The molecule has 36 heavy (non-hydrogen) atoms. The number of rotatable bonds is 7. The molecule has 2 aromatic rings. The van der Waals surface area contributed by atoms with Crippen molar-refractivity contribution in [2.24, 2.45) is 0 Å². The number of hydrazine groups is 1. The summed E-state index contributed by atoms with van der Waals surface area (Å²) in [5.41, 5.74) is 3.10. The molecule has 10 nitrogen and oxygen atoms in total. The van der Waals surface area contributed by atoms with Crippen molar-refractivity contribution >= 4 is 30.3 Å². The van der Waals surface area contributed by atoms with Crippen LogP contribution in [0, 0.1) is 5.41 Å². The fourth-order valence-corrected chi connectivity index (χ4v) is 2.76. The zero-order valence-electron chi connectivity index (χ0n) is 21.5. The van der Waals surface area contributed by atoms with Crippen LogP contribution in [0.2, 0.25) is 0 Å². The van der Waals surface area contributed by atoms with Gasteiger partial charge < -0.3 is 14.2 Å². The fraction of sp³-hybridized carbons (Fsp3) is 0.385. The molecule has 0 radical (unpaired) electrons. The van der Waals surface area contributed by atoms with E-state index < -0.39 is 29.5 Å². The second-order valence-corrected chi connectivity index (χ2v) is 9.89. The van der Waals surface area contributed by atoms with E-state index in [1.54, 1.807) is 65.8 Å². The van der Waals surface area contributed by atoms with E-state index in [0.29, 0.717) is 11.3 Å². The van der Waals surface area contributed by atoms with Gasteiger partial charge in [-0.15, -0.1) is 0 Å². The van der Waals surface area contributed by atoms with E-state index in [9.17, 15) is 14.4 Å². The number of hydrogen-bond acceptors (Lipinski definition) is 8. The van der Waals surface area contributed by atoms with Crippen LogP contribution < -0.4 is 5.43 Å². The summed E-state index contributed by atoms with van der Waals surface area (Å²) < 4.78 is 16.0. The molecule has 10 heteroatoms. The van der Waals surface area contributed by atoms with Gasteiger partial charge in [-0.2, -0.15) is 5.01 Å². The summed E-state index contributed by atoms with van der Waals surface area (Å²) in [4.78, 5) is 38.6. The summed E-state index contributed by atoms with van der Waals surface area (Å²) in [6.07, 6.45) is -1.60. The lowest BCUT2D eigenvalue weighted by molar-refractivity contribution is -0.000263. The lowest BCUT2D eigenvalue weighted by Crippen LogP contribution is -2.43. The van der Waals surface area contributed by atoms with Crippen molar-refractivity contribution in [3.63, 3.8) is 0 Å². The summed E-state index contributed by atoms with van der Waals surface area (Å²) in [5, 5.41) is 8.42. The molecule has 0 saturated carbocycles. The first-order valence-electron chi connectivity index (χ1n) is 11.4. The van der Waals surface area contributed by atoms with Gasteiger partial charge in [0.2, 0.25) is 0 Å². The molecule has 0 unspecified atom stereocenters. The zero-order chi connectivity index (χ0) is 26.9. The van der Waals surface area contributed by atoms with Crippen molar-refractivity contribution in [3.05, 3.63) is 65.7 Å². The number of anilines is 1. The largest absolute Gasteiger partial charge is 0.443 e. The molecule has 0 aliphatic heterocycles. The predicted molar refractivity (Wildman–Crippen MR) is 135 cm³/mol. The van der Waals surface area contributed by atoms with Crippen LogP contribution in [0.5, 0.6) is 0 Å². The van der Waals surface area contributed by atoms with Crippen molar-refractivity contribution < 1.29 is 28.6 Å². The van der Waals surface area contributed by atoms with E-state index >= 15 is 0 Å². The third-order valence-electron chi connectivity index (χ3n) is 4.30. The SMILES string of the molecule is CC(C)(C)OC(=O)N(Cc1ccc(NN(C=N)C(=O)OCc2ccccc2)cc1)C(=O)OC(C)(C)C. The zero-order valence-corrected chi connectivity index (χ0v) is 21.5. The number of carbonyl (C=O) groups is 3. The molecule has 0 aromatic heterocycles. The van der Waals surface area contributed by atoms with Crippen LogP contribution in [0.15, 0.2) is 54.6 Å². The fourth-order valence-electron chi connectivity index (χ4n) is 2.76. The molecular formula is C26H34N4O6. The number of ether oxygens (including phenoxy) is 3. The lowest BCUT2D eigenvalue weighted by Gasteiger charge is -2.28. The van der Waals surface area contributed by atoms with Crippen molar-refractivity contribution in [1.82, 2.24) is 9.91 Å². The van der Waals surface area contributed by atoms with Gasteiger partial charge in [-0.05, 0) is 64.8 Å². The number of hydrogen-bond donors (Lipinski definition) is 2. The highest BCUT2D eigenvalue weighted by molar-refractivity contribution is 5.88. The van der Waals surface area contributed by atoms with Crippen molar-refractivity contribution in [3.8, 4) is 0 Å². The van der Waals surface area contributed by atoms with Crippen molar-refractivity contribution in [2.75, 3.05) is 5.43 Å². The highest BCUT2D eigenvalue weighted by Gasteiger charge is 2.31. The smallest absolute Gasteiger partial charge is 0.434 e. The first-order chi connectivity index (χ1) is 16.8. The molecule has 2 N–H and O–H groups in total. The Balaban J connectivity index is 2.06. The van der Waals surface area contributed by atoms with Gasteiger partial charge in [0.25, 0.3) is 0 Å². The minimum atomic E-state index is -0.824. The maximum Gasteiger partial charge on any atom is 0.434 e. The van der Waals surface area contributed by atoms with E-state index in [2.05, 4.69) is 5.43 Å². The first kappa shape index (κ1) is 28.2. The molecule has 0 atom stereocenters. The van der Waals surface area contributed by atoms with Crippen LogP contribution in [0.25, 0.3) is 0 Å². The van der Waals surface area contributed by atoms with Gasteiger partial charge >= 0.3 is 18.3 Å². The highest BCUT2D eigenvalue weighted by atomic mass is 16.6. The number of imide groups is 1. The number of carbonyl (C=O) groups excluding carboxylic acids is 3. The number of amides is 3. The molecule has 194 valence electrons. The van der Waals surface area contributed by atoms with Gasteiger partial charge in [0, 0.05) is 0 Å². The Morgan fingerprint density at radius 3 is 1.81 bits per heavy atom. The molecule has 0 bridgehead atoms. The van der Waals surface area contributed by atoms with Crippen LogP contribution in [-0.2, 0) is 27.4 Å². The monoisotopic (exact) mass is 498 g/mol. The molecule has 0 aliphatic carbocycles. The summed E-state index contributed by atoms with van der Waals surface area (Å²) in [7, 11) is 0. The number of nitrogens with zero attached hydrogens (tertiary/aromatic N) is 2. The van der Waals surface area contributed by atoms with Crippen molar-refractivity contribution in [1.29, 1.82) is 5.41 Å². The van der Waals surface area contributed by atoms with E-state index in [-0.39, 0.29) is 13.2 Å². The van der Waals surface area contributed by atoms with E-state index in [0.717, 1.165) is 21.8 Å². The number of nitrogens with one attached hydrogen (secondary N) is 2. The summed E-state index contributed by atoms with van der Waals surface area (Å²) in [5.74, 6) is 0. The van der Waals surface area contributed by atoms with Gasteiger partial charge in [0.05, 0.1) is 12.2 Å². The van der Waals surface area contributed by atoms with Crippen LogP contribution in [0.1, 0.15) is 52.7 Å². The predicted octanol–water partition coefficient (Wildman–Crippen LogP) is 5.93. The molecular weight excluding hydrogens is 464 g/mol. The molecule has 0 aliphatic rings. The Kier molecular flexibility index (Phi) is 9.43. The summed E-state index contributed by atoms with van der Waals surface area (Å²) >= 11 is 0. The minimum Gasteiger partial charge on any atom is -0.443 e. The Labute approximate surface area is 211 Å². The highest BCUT2D eigenvalue weighted by Crippen LogP contribution is 2.18. The Bertz CT molecular complexity index is 1010. The molecule has 3 amide bonds. The van der Waals surface area contributed by atoms with Crippen molar-refractivity contribution in [2.45, 2.75) is 65.9 Å². The van der Waals surface area contributed by atoms with Gasteiger partial charge in [0.1, 0.15) is 24.1 Å². The summed E-state index contributed by atoms with van der Waals surface area (Å²) in [6.45, 7) is 10.2. The molecule has 2 aromatic carbocycles. The quantitative estimate of drug-likeness (QED) is 0.210. The van der Waals surface area contributed by atoms with Gasteiger partial charge in [-0.1, -0.05) is 42.5 Å². The van der Waals surface area contributed by atoms with Gasteiger partial charge in [-0.3, -0.25) is 10.8 Å². The number of benzene rings is 2. The first-order valence-corrected chi connectivity index (χ1v) is 11.4. The van der Waals surface area contributed by atoms with Crippen LogP contribution in [-0.4, -0.2) is 45.7 Å². The third-order valence-corrected chi connectivity index (χ3v) is 4.30. The average molecular weight is 499 g/mol. The van der Waals surface area contributed by atoms with E-state index in [4.69, 9.17) is 19.6 Å². The van der Waals surface area contributed by atoms with Crippen LogP contribution in [0.3, 0.4) is 0 Å². The minimum absolute atomic E-state index is 0.0653. The maximum atomic E-state index is 12.7. The topological polar surface area (TPSA) is 121 Å². The average Bonchev–Trinajstić information content (AvgIpc) is 2.78.